The number of carbonyl (C=O) groups is 1. The third-order valence-electron chi connectivity index (χ3n) is 11.9. The molecule has 0 aromatic carbocycles. The van der Waals surface area contributed by atoms with Crippen molar-refractivity contribution < 1.29 is 13.6 Å². The molecule has 4 aliphatic heterocycles. The minimum absolute atomic E-state index is 0. The molecule has 8 aromatic rings. The van der Waals surface area contributed by atoms with Crippen LogP contribution < -0.4 is 31.1 Å². The van der Waals surface area contributed by atoms with Crippen molar-refractivity contribution in [1.82, 2.24) is 39.9 Å². The van der Waals surface area contributed by atoms with Gasteiger partial charge in [-0.1, -0.05) is 0 Å². The highest BCUT2D eigenvalue weighted by Crippen LogP contribution is 2.41. The molecule has 0 aliphatic carbocycles. The number of nitrogen functional groups attached to an aromatic ring is 1. The van der Waals surface area contributed by atoms with E-state index >= 15 is 0 Å². The van der Waals surface area contributed by atoms with Crippen LogP contribution in [-0.4, -0.2) is 84.2 Å². The van der Waals surface area contributed by atoms with E-state index < -0.39 is 0 Å². The summed E-state index contributed by atoms with van der Waals surface area (Å²) >= 11 is 0. The van der Waals surface area contributed by atoms with Crippen molar-refractivity contribution in [3.8, 4) is 45.2 Å². The van der Waals surface area contributed by atoms with Gasteiger partial charge < -0.3 is 29.7 Å². The topological polar surface area (TPSA) is 206 Å². The highest BCUT2D eigenvalue weighted by Gasteiger charge is 2.40. The number of aromatic nitrogens is 8. The van der Waals surface area contributed by atoms with Gasteiger partial charge in [-0.2, -0.15) is 27.0 Å². The first kappa shape index (κ1) is 47.0. The zero-order chi connectivity index (χ0) is 45.3. The van der Waals surface area contributed by atoms with E-state index in [2.05, 4.69) is 74.6 Å². The number of hydrogen-bond acceptors (Lipinski definition) is 15. The number of pyridine rings is 6. The van der Waals surface area contributed by atoms with Gasteiger partial charge in [0.05, 0.1) is 41.2 Å². The number of oxazole rings is 2. The molecule has 2 atom stereocenters. The lowest BCUT2D eigenvalue weighted by Crippen LogP contribution is -2.48. The Kier molecular flexibility index (Phi) is 13.9. The summed E-state index contributed by atoms with van der Waals surface area (Å²) in [5.41, 5.74) is 15.3. The van der Waals surface area contributed by atoms with Crippen LogP contribution in [0.4, 0.5) is 39.4 Å². The molecular weight excluding hydrogens is 897 g/mol. The molecular formula is C49H52N14O3S2. The second-order valence-electron chi connectivity index (χ2n) is 16.6. The molecule has 12 heterocycles. The van der Waals surface area contributed by atoms with Crippen molar-refractivity contribution in [2.24, 2.45) is 0 Å². The number of nitrogens with one attached hydrogen (secondary N) is 2. The molecule has 0 radical (unpaired) electrons. The predicted molar refractivity (Wildman–Crippen MR) is 275 cm³/mol. The molecule has 4 N–H and O–H groups in total. The van der Waals surface area contributed by atoms with Crippen molar-refractivity contribution in [2.45, 2.75) is 52.6 Å². The fraction of sp³-hybridized carbons (Fsp3) is 0.245. The zero-order valence-corrected chi connectivity index (χ0v) is 40.0. The van der Waals surface area contributed by atoms with E-state index in [0.717, 1.165) is 89.1 Å². The number of nitrogens with two attached hydrogens (primary N) is 1. The minimum atomic E-state index is -0.248. The fourth-order valence-corrected chi connectivity index (χ4v) is 8.72. The number of anilines is 6. The molecule has 17 nitrogen and oxygen atoms in total. The van der Waals surface area contributed by atoms with Crippen molar-refractivity contribution in [2.75, 3.05) is 57.2 Å². The number of rotatable bonds is 5. The van der Waals surface area contributed by atoms with E-state index in [1.54, 1.807) is 61.9 Å². The van der Waals surface area contributed by atoms with E-state index in [0.29, 0.717) is 46.8 Å². The Morgan fingerprint density at radius 2 is 1.22 bits per heavy atom. The van der Waals surface area contributed by atoms with Gasteiger partial charge in [0.1, 0.15) is 11.6 Å². The van der Waals surface area contributed by atoms with Crippen LogP contribution in [0, 0.1) is 27.7 Å². The molecule has 2 saturated heterocycles. The first-order valence-electron chi connectivity index (χ1n) is 21.9. The van der Waals surface area contributed by atoms with E-state index in [-0.39, 0.29) is 39.1 Å². The molecule has 4 aliphatic rings. The standard InChI is InChI=1S/C25H23N7O2.C15H16N4.C9H9N3O.2H2S/c1-15-11-17(5-8-26-15)20-3-4-21-24(29-20)32(19-7-10-31(21)14-19)25(33)30-23-12-18(6-9-27-23)22-13-28-16(2)34-22;1-10-8-11(4-6-16-10)13-2-3-14-15(18-13)17-12-5-7-19(14)9-12;1-6-12-5-8(13-6)7-2-3-11-9(10)4-7;;/h3-6,8-9,11-13,19H,7,10,14H2,1-2H3,(H,27,30,33);2-4,6,8,12H,5,7,9H2,1H3,(H,17,18);2-5H,1H3,(H2,10,11);2*1H2/t19-;12-;;;/m00.../s1. The monoisotopic (exact) mass is 948 g/mol. The number of hydrogen-bond donors (Lipinski definition) is 3. The Morgan fingerprint density at radius 1 is 0.647 bits per heavy atom. The maximum absolute atomic E-state index is 13.5. The van der Waals surface area contributed by atoms with E-state index in [9.17, 15) is 4.79 Å². The molecule has 12 rings (SSSR count). The smallest absolute Gasteiger partial charge is 0.329 e. The van der Waals surface area contributed by atoms with Crippen LogP contribution in [0.25, 0.3) is 45.2 Å². The van der Waals surface area contributed by atoms with Gasteiger partial charge in [0.25, 0.3) is 0 Å². The average Bonchev–Trinajstić information content (AvgIpc) is 4.15. The van der Waals surface area contributed by atoms with Crippen LogP contribution in [0.5, 0.6) is 0 Å². The summed E-state index contributed by atoms with van der Waals surface area (Å²) in [6.07, 6.45) is 12.3. The molecule has 0 saturated carbocycles. The van der Waals surface area contributed by atoms with Crippen molar-refractivity contribution >= 4 is 67.7 Å². The van der Waals surface area contributed by atoms with Crippen LogP contribution in [0.3, 0.4) is 0 Å². The molecule has 8 aromatic heterocycles. The van der Waals surface area contributed by atoms with Crippen molar-refractivity contribution in [1.29, 1.82) is 0 Å². The van der Waals surface area contributed by atoms with E-state index in [1.165, 1.54) is 12.1 Å². The highest BCUT2D eigenvalue weighted by atomic mass is 32.1. The average molecular weight is 949 g/mol. The number of amides is 2. The van der Waals surface area contributed by atoms with Gasteiger partial charge in [0.15, 0.2) is 34.9 Å². The van der Waals surface area contributed by atoms with Crippen LogP contribution in [-0.2, 0) is 0 Å². The minimum Gasteiger partial charge on any atom is -0.441 e. The Morgan fingerprint density at radius 3 is 1.85 bits per heavy atom. The van der Waals surface area contributed by atoms with Crippen LogP contribution in [0.15, 0.2) is 119 Å². The lowest BCUT2D eigenvalue weighted by Gasteiger charge is -2.35. The molecule has 2 fully saturated rings. The molecule has 2 amide bonds. The Bertz CT molecular complexity index is 3070. The van der Waals surface area contributed by atoms with E-state index in [1.807, 2.05) is 56.4 Å². The Labute approximate surface area is 407 Å². The lowest BCUT2D eigenvalue weighted by molar-refractivity contribution is 0.254. The summed E-state index contributed by atoms with van der Waals surface area (Å²) in [4.78, 5) is 54.6. The summed E-state index contributed by atoms with van der Waals surface area (Å²) in [5, 5.41) is 6.51. The molecule has 4 bridgehead atoms. The molecule has 19 heteroatoms. The SMILES string of the molecule is Cc1cc(-c2ccc3c(n2)N(C(=O)Nc2cc(-c4cnc(C)o4)ccn2)[C@H]2CCN3C2)ccn1.Cc1cc(-c2ccc3c(n2)N[C@H]2CCN3C2)ccn1.Cc1ncc(-c2ccnc(N)c2)o1.S.S. The van der Waals surface area contributed by atoms with Crippen molar-refractivity contribution in [3.05, 3.63) is 133 Å². The molecule has 0 unspecified atom stereocenters. The van der Waals surface area contributed by atoms with Gasteiger partial charge in [-0.3, -0.25) is 20.2 Å². The largest absolute Gasteiger partial charge is 0.441 e. The quantitative estimate of drug-likeness (QED) is 0.147. The maximum Gasteiger partial charge on any atom is 0.329 e. The van der Waals surface area contributed by atoms with Crippen LogP contribution in [0.2, 0.25) is 0 Å². The number of carbonyl (C=O) groups excluding carboxylic acids is 1. The summed E-state index contributed by atoms with van der Waals surface area (Å²) in [6.45, 7) is 11.5. The van der Waals surface area contributed by atoms with Gasteiger partial charge in [0.2, 0.25) is 0 Å². The number of aryl methyl sites for hydroxylation is 4. The lowest BCUT2D eigenvalue weighted by atomic mass is 10.1. The van der Waals surface area contributed by atoms with Gasteiger partial charge in [-0.05, 0) is 99.5 Å². The zero-order valence-electron chi connectivity index (χ0n) is 38.0. The second-order valence-corrected chi connectivity index (χ2v) is 16.6. The van der Waals surface area contributed by atoms with Gasteiger partial charge in [0, 0.05) is 104 Å². The summed E-state index contributed by atoms with van der Waals surface area (Å²) < 4.78 is 10.9. The van der Waals surface area contributed by atoms with Crippen LogP contribution >= 0.6 is 27.0 Å². The van der Waals surface area contributed by atoms with Gasteiger partial charge >= 0.3 is 6.03 Å². The number of urea groups is 1. The van der Waals surface area contributed by atoms with Gasteiger partial charge in [-0.15, -0.1) is 0 Å². The Hall–Kier alpha value is -7.51. The maximum atomic E-state index is 13.5. The second kappa shape index (κ2) is 20.2. The molecule has 0 spiro atoms. The van der Waals surface area contributed by atoms with Crippen molar-refractivity contribution in [3.63, 3.8) is 0 Å². The third kappa shape index (κ3) is 10.1. The molecule has 348 valence electrons. The highest BCUT2D eigenvalue weighted by molar-refractivity contribution is 7.59. The summed E-state index contributed by atoms with van der Waals surface area (Å²) in [6, 6.07) is 23.9. The Balaban J connectivity index is 0.000000154. The summed E-state index contributed by atoms with van der Waals surface area (Å²) in [5.74, 6) is 5.19. The summed E-state index contributed by atoms with van der Waals surface area (Å²) in [7, 11) is 0. The fourth-order valence-electron chi connectivity index (χ4n) is 8.72. The van der Waals surface area contributed by atoms with Gasteiger partial charge in [-0.25, -0.2) is 34.7 Å². The molecule has 68 heavy (non-hydrogen) atoms. The van der Waals surface area contributed by atoms with Crippen LogP contribution in [0.1, 0.15) is 36.0 Å². The van der Waals surface area contributed by atoms with E-state index in [4.69, 9.17) is 24.5 Å². The number of nitrogens with zero attached hydrogens (tertiary/aromatic N) is 11. The normalized spacial score (nSPS) is 15.8. The first-order chi connectivity index (χ1) is 32.1. The number of fused-ring (bicyclic) bond motifs is 8. The predicted octanol–water partition coefficient (Wildman–Crippen LogP) is 8.75. The third-order valence-corrected chi connectivity index (χ3v) is 11.9. The first-order valence-corrected chi connectivity index (χ1v) is 21.9.